The van der Waals surface area contributed by atoms with Crippen LogP contribution in [0.25, 0.3) is 0 Å². The van der Waals surface area contributed by atoms with E-state index in [0.29, 0.717) is 12.5 Å². The van der Waals surface area contributed by atoms with Crippen molar-refractivity contribution in [2.45, 2.75) is 25.8 Å². The van der Waals surface area contributed by atoms with Gasteiger partial charge in [0.2, 0.25) is 0 Å². The van der Waals surface area contributed by atoms with Gasteiger partial charge < -0.3 is 15.2 Å². The molecule has 1 aromatic heterocycles. The van der Waals surface area contributed by atoms with Gasteiger partial charge in [-0.05, 0) is 19.3 Å². The number of likely N-dealkylation sites (tertiary alicyclic amines) is 1. The van der Waals surface area contributed by atoms with Crippen LogP contribution in [-0.4, -0.2) is 38.7 Å². The Balaban J connectivity index is 1.93. The predicted octanol–water partition coefficient (Wildman–Crippen LogP) is 0.116. The summed E-state index contributed by atoms with van der Waals surface area (Å²) in [7, 11) is 1.90. The van der Waals surface area contributed by atoms with Gasteiger partial charge in [0, 0.05) is 20.1 Å². The minimum absolute atomic E-state index is 0.499. The summed E-state index contributed by atoms with van der Waals surface area (Å²) in [6.45, 7) is 2.54. The number of guanidine groups is 1. The SMILES string of the molecule is Cn1cnnc1CN=C(N)N1CCCCC1. The van der Waals surface area contributed by atoms with E-state index in [1.54, 1.807) is 6.33 Å². The van der Waals surface area contributed by atoms with E-state index in [2.05, 4.69) is 20.1 Å². The molecule has 0 saturated carbocycles. The normalized spacial score (nSPS) is 17.8. The zero-order chi connectivity index (χ0) is 11.4. The van der Waals surface area contributed by atoms with Crippen molar-refractivity contribution in [1.82, 2.24) is 19.7 Å². The molecule has 2 rings (SSSR count). The molecule has 0 radical (unpaired) electrons. The molecule has 0 spiro atoms. The first-order chi connectivity index (χ1) is 7.77. The van der Waals surface area contributed by atoms with E-state index in [0.717, 1.165) is 18.9 Å². The van der Waals surface area contributed by atoms with Crippen LogP contribution in [0.15, 0.2) is 11.3 Å². The van der Waals surface area contributed by atoms with E-state index in [1.807, 2.05) is 11.6 Å². The quantitative estimate of drug-likeness (QED) is 0.569. The molecule has 0 atom stereocenters. The number of nitrogens with zero attached hydrogens (tertiary/aromatic N) is 5. The average Bonchev–Trinajstić information content (AvgIpc) is 2.73. The first-order valence-electron chi connectivity index (χ1n) is 5.65. The van der Waals surface area contributed by atoms with Gasteiger partial charge in [0.25, 0.3) is 0 Å². The molecule has 2 heterocycles. The summed E-state index contributed by atoms with van der Waals surface area (Å²) >= 11 is 0. The molecule has 1 fully saturated rings. The number of aryl methyl sites for hydroxylation is 1. The second-order valence-electron chi connectivity index (χ2n) is 4.08. The molecule has 0 amide bonds. The lowest BCUT2D eigenvalue weighted by Crippen LogP contribution is -2.40. The molecular weight excluding hydrogens is 204 g/mol. The molecule has 6 nitrogen and oxygen atoms in total. The first-order valence-corrected chi connectivity index (χ1v) is 5.65. The predicted molar refractivity (Wildman–Crippen MR) is 61.8 cm³/mol. The summed E-state index contributed by atoms with van der Waals surface area (Å²) in [4.78, 5) is 6.49. The van der Waals surface area contributed by atoms with Gasteiger partial charge in [0.05, 0.1) is 0 Å². The van der Waals surface area contributed by atoms with Gasteiger partial charge in [0.1, 0.15) is 12.9 Å². The second-order valence-corrected chi connectivity index (χ2v) is 4.08. The lowest BCUT2D eigenvalue weighted by Gasteiger charge is -2.27. The maximum absolute atomic E-state index is 5.93. The van der Waals surface area contributed by atoms with Crippen molar-refractivity contribution in [2.24, 2.45) is 17.8 Å². The summed E-state index contributed by atoms with van der Waals surface area (Å²) < 4.78 is 1.85. The van der Waals surface area contributed by atoms with Crippen molar-refractivity contribution in [3.05, 3.63) is 12.2 Å². The highest BCUT2D eigenvalue weighted by molar-refractivity contribution is 5.78. The molecule has 1 aromatic rings. The van der Waals surface area contributed by atoms with Crippen molar-refractivity contribution in [3.8, 4) is 0 Å². The highest BCUT2D eigenvalue weighted by Crippen LogP contribution is 2.08. The number of rotatable bonds is 2. The summed E-state index contributed by atoms with van der Waals surface area (Å²) in [6, 6.07) is 0. The molecule has 0 aliphatic carbocycles. The highest BCUT2D eigenvalue weighted by Gasteiger charge is 2.11. The zero-order valence-electron chi connectivity index (χ0n) is 9.63. The molecule has 88 valence electrons. The molecule has 0 bridgehead atoms. The lowest BCUT2D eigenvalue weighted by atomic mass is 10.1. The monoisotopic (exact) mass is 222 g/mol. The molecule has 0 aromatic carbocycles. The Bertz CT molecular complexity index is 363. The van der Waals surface area contributed by atoms with Crippen LogP contribution >= 0.6 is 0 Å². The molecule has 0 unspecified atom stereocenters. The van der Waals surface area contributed by atoms with E-state index in [9.17, 15) is 0 Å². The Hall–Kier alpha value is -1.59. The van der Waals surface area contributed by atoms with Crippen molar-refractivity contribution in [1.29, 1.82) is 0 Å². The van der Waals surface area contributed by atoms with E-state index < -0.39 is 0 Å². The van der Waals surface area contributed by atoms with E-state index in [4.69, 9.17) is 5.73 Å². The van der Waals surface area contributed by atoms with Crippen molar-refractivity contribution < 1.29 is 0 Å². The molecule has 1 aliphatic rings. The summed E-state index contributed by atoms with van der Waals surface area (Å²) in [5.74, 6) is 1.46. The number of hydrogen-bond acceptors (Lipinski definition) is 3. The fraction of sp³-hybridized carbons (Fsp3) is 0.700. The lowest BCUT2D eigenvalue weighted by molar-refractivity contribution is 0.338. The zero-order valence-corrected chi connectivity index (χ0v) is 9.63. The summed E-state index contributed by atoms with van der Waals surface area (Å²) in [5.41, 5.74) is 5.93. The largest absolute Gasteiger partial charge is 0.370 e. The third-order valence-corrected chi connectivity index (χ3v) is 2.87. The van der Waals surface area contributed by atoms with Gasteiger partial charge in [-0.1, -0.05) is 0 Å². The van der Waals surface area contributed by atoms with Crippen molar-refractivity contribution in [3.63, 3.8) is 0 Å². The van der Waals surface area contributed by atoms with Gasteiger partial charge in [-0.25, -0.2) is 4.99 Å². The van der Waals surface area contributed by atoms with Crippen LogP contribution in [-0.2, 0) is 13.6 Å². The van der Waals surface area contributed by atoms with Gasteiger partial charge in [-0.3, -0.25) is 0 Å². The molecule has 16 heavy (non-hydrogen) atoms. The Labute approximate surface area is 95.2 Å². The van der Waals surface area contributed by atoms with Gasteiger partial charge in [-0.15, -0.1) is 10.2 Å². The van der Waals surface area contributed by atoms with Crippen LogP contribution in [0, 0.1) is 0 Å². The fourth-order valence-electron chi connectivity index (χ4n) is 1.82. The number of nitrogens with two attached hydrogens (primary N) is 1. The van der Waals surface area contributed by atoms with Crippen LogP contribution in [0.2, 0.25) is 0 Å². The highest BCUT2D eigenvalue weighted by atomic mass is 15.3. The van der Waals surface area contributed by atoms with Gasteiger partial charge in [-0.2, -0.15) is 0 Å². The number of piperidine rings is 1. The molecule has 2 N–H and O–H groups in total. The maximum Gasteiger partial charge on any atom is 0.191 e. The van der Waals surface area contributed by atoms with Crippen LogP contribution in [0.5, 0.6) is 0 Å². The Morgan fingerprint density at radius 1 is 1.44 bits per heavy atom. The topological polar surface area (TPSA) is 72.3 Å². The Morgan fingerprint density at radius 2 is 2.19 bits per heavy atom. The second kappa shape index (κ2) is 4.96. The van der Waals surface area contributed by atoms with Crippen LogP contribution in [0.3, 0.4) is 0 Å². The first kappa shape index (κ1) is 10.9. The van der Waals surface area contributed by atoms with Crippen molar-refractivity contribution >= 4 is 5.96 Å². The Kier molecular flexibility index (Phi) is 3.38. The minimum atomic E-state index is 0.499. The summed E-state index contributed by atoms with van der Waals surface area (Å²) in [5, 5.41) is 7.77. The van der Waals surface area contributed by atoms with E-state index in [1.165, 1.54) is 19.3 Å². The molecule has 1 saturated heterocycles. The van der Waals surface area contributed by atoms with Crippen molar-refractivity contribution in [2.75, 3.05) is 13.1 Å². The van der Waals surface area contributed by atoms with E-state index in [-0.39, 0.29) is 0 Å². The van der Waals surface area contributed by atoms with Gasteiger partial charge >= 0.3 is 0 Å². The smallest absolute Gasteiger partial charge is 0.191 e. The van der Waals surface area contributed by atoms with Crippen LogP contribution in [0.4, 0.5) is 0 Å². The maximum atomic E-state index is 5.93. The average molecular weight is 222 g/mol. The molecular formula is C10H18N6. The number of aromatic nitrogens is 3. The summed E-state index contributed by atoms with van der Waals surface area (Å²) in [6.07, 6.45) is 5.38. The number of aliphatic imine (C=N–C) groups is 1. The third kappa shape index (κ3) is 2.50. The standard InChI is InChI=1S/C10H18N6/c1-15-8-13-14-9(15)7-12-10(11)16-5-3-2-4-6-16/h8H,2-7H2,1H3,(H2,11,12). The molecule has 1 aliphatic heterocycles. The third-order valence-electron chi connectivity index (χ3n) is 2.87. The van der Waals surface area contributed by atoms with E-state index >= 15 is 0 Å². The fourth-order valence-corrected chi connectivity index (χ4v) is 1.82. The van der Waals surface area contributed by atoms with Crippen LogP contribution < -0.4 is 5.73 Å². The molecule has 6 heteroatoms. The van der Waals surface area contributed by atoms with Gasteiger partial charge in [0.15, 0.2) is 11.8 Å². The number of hydrogen-bond donors (Lipinski definition) is 1. The van der Waals surface area contributed by atoms with Crippen LogP contribution in [0.1, 0.15) is 25.1 Å². The Morgan fingerprint density at radius 3 is 2.81 bits per heavy atom. The minimum Gasteiger partial charge on any atom is -0.370 e.